The largest absolute Gasteiger partial charge is 0.493 e. The average Bonchev–Trinajstić information content (AvgIpc) is 2.72. The lowest BCUT2D eigenvalue weighted by atomic mass is 10.1. The molecule has 7 heteroatoms. The van der Waals surface area contributed by atoms with Crippen LogP contribution in [-0.2, 0) is 0 Å². The highest BCUT2D eigenvalue weighted by Gasteiger charge is 2.14. The van der Waals surface area contributed by atoms with Crippen molar-refractivity contribution in [3.8, 4) is 16.9 Å². The number of carbonyl (C=O) groups excluding carboxylic acids is 1. The smallest absolute Gasteiger partial charge is 0.274 e. The van der Waals surface area contributed by atoms with E-state index in [0.717, 1.165) is 22.3 Å². The number of amides is 1. The molecule has 2 aromatic carbocycles. The summed E-state index contributed by atoms with van der Waals surface area (Å²) in [6, 6.07) is 12.4. The van der Waals surface area contributed by atoms with E-state index < -0.39 is 0 Å². The lowest BCUT2D eigenvalue weighted by Gasteiger charge is -2.15. The Morgan fingerprint density at radius 2 is 1.83 bits per heavy atom. The molecule has 3 aromatic rings. The molecule has 0 atom stereocenters. The minimum absolute atomic E-state index is 0.0819. The third-order valence-corrected chi connectivity index (χ3v) is 5.11. The minimum Gasteiger partial charge on any atom is -0.493 e. The molecule has 0 saturated heterocycles. The molecule has 0 bridgehead atoms. The van der Waals surface area contributed by atoms with E-state index in [1.54, 1.807) is 36.5 Å². The minimum atomic E-state index is -0.324. The summed E-state index contributed by atoms with van der Waals surface area (Å²) in [6.45, 7) is 4.32. The number of anilines is 1. The number of aliphatic hydroxyl groups is 1. The van der Waals surface area contributed by atoms with Crippen molar-refractivity contribution in [2.45, 2.75) is 20.3 Å². The number of halogens is 2. The molecule has 1 aromatic heterocycles. The molecule has 156 valence electrons. The van der Waals surface area contributed by atoms with Crippen LogP contribution in [-0.4, -0.2) is 29.2 Å². The first-order valence-corrected chi connectivity index (χ1v) is 10.2. The van der Waals surface area contributed by atoms with E-state index in [2.05, 4.69) is 10.3 Å². The van der Waals surface area contributed by atoms with Crippen LogP contribution >= 0.6 is 23.2 Å². The van der Waals surface area contributed by atoms with E-state index in [4.69, 9.17) is 33.0 Å². The van der Waals surface area contributed by atoms with Crippen molar-refractivity contribution in [3.05, 3.63) is 75.5 Å². The predicted molar refractivity (Wildman–Crippen MR) is 121 cm³/mol. The Morgan fingerprint density at radius 1 is 1.10 bits per heavy atom. The van der Waals surface area contributed by atoms with Crippen LogP contribution in [0.1, 0.15) is 28.0 Å². The fourth-order valence-electron chi connectivity index (χ4n) is 3.08. The number of aliphatic hydroxyl groups excluding tert-OH is 1. The third-order valence-electron chi connectivity index (χ3n) is 4.55. The summed E-state index contributed by atoms with van der Waals surface area (Å²) < 4.78 is 5.63. The maximum absolute atomic E-state index is 12.9. The predicted octanol–water partition coefficient (Wildman–Crippen LogP) is 5.69. The number of nitrogens with zero attached hydrogens (tertiary/aromatic N) is 1. The van der Waals surface area contributed by atoms with Crippen LogP contribution in [0.15, 0.2) is 48.7 Å². The summed E-state index contributed by atoms with van der Waals surface area (Å²) in [5.41, 5.74) is 4.21. The molecule has 0 fully saturated rings. The Balaban J connectivity index is 1.82. The number of ether oxygens (including phenoxy) is 1. The second kappa shape index (κ2) is 9.94. The first-order valence-electron chi connectivity index (χ1n) is 9.47. The van der Waals surface area contributed by atoms with Gasteiger partial charge in [0, 0.05) is 40.5 Å². The number of aryl methyl sites for hydroxylation is 2. The number of hydrogen-bond donors (Lipinski definition) is 2. The standard InChI is InChI=1S/C23H22Cl2N2O3/c1-14-10-18(30-9-3-8-28)11-15(2)22(14)27-23(29)21-12-16(6-7-26-21)19-13-17(24)4-5-20(19)25/h4-7,10-13,28H,3,8-9H2,1-2H3,(H,27,29). The van der Waals surface area contributed by atoms with Gasteiger partial charge in [0.25, 0.3) is 5.91 Å². The van der Waals surface area contributed by atoms with Gasteiger partial charge in [0.2, 0.25) is 0 Å². The number of hydrogen-bond acceptors (Lipinski definition) is 4. The Kier molecular flexibility index (Phi) is 7.32. The molecule has 2 N–H and O–H groups in total. The van der Waals surface area contributed by atoms with Crippen LogP contribution in [0, 0.1) is 13.8 Å². The summed E-state index contributed by atoms with van der Waals surface area (Å²) in [5, 5.41) is 12.9. The third kappa shape index (κ3) is 5.30. The molecule has 0 unspecified atom stereocenters. The first kappa shape index (κ1) is 22.1. The Bertz CT molecular complexity index is 1050. The van der Waals surface area contributed by atoms with Gasteiger partial charge in [-0.15, -0.1) is 0 Å². The van der Waals surface area contributed by atoms with E-state index >= 15 is 0 Å². The number of nitrogens with one attached hydrogen (secondary N) is 1. The molecule has 0 aliphatic rings. The maximum Gasteiger partial charge on any atom is 0.274 e. The average molecular weight is 445 g/mol. The van der Waals surface area contributed by atoms with E-state index in [9.17, 15) is 4.79 Å². The molecular weight excluding hydrogens is 423 g/mol. The number of pyridine rings is 1. The highest BCUT2D eigenvalue weighted by Crippen LogP contribution is 2.31. The summed E-state index contributed by atoms with van der Waals surface area (Å²) in [5.74, 6) is 0.377. The normalized spacial score (nSPS) is 10.7. The summed E-state index contributed by atoms with van der Waals surface area (Å²) in [7, 11) is 0. The number of rotatable bonds is 7. The second-order valence-electron chi connectivity index (χ2n) is 6.87. The van der Waals surface area contributed by atoms with Crippen LogP contribution in [0.2, 0.25) is 10.0 Å². The van der Waals surface area contributed by atoms with Crippen LogP contribution in [0.25, 0.3) is 11.1 Å². The Labute approximate surface area is 185 Å². The molecular formula is C23H22Cl2N2O3. The van der Waals surface area contributed by atoms with Crippen LogP contribution in [0.3, 0.4) is 0 Å². The van der Waals surface area contributed by atoms with Gasteiger partial charge >= 0.3 is 0 Å². The van der Waals surface area contributed by atoms with Gasteiger partial charge in [-0.05, 0) is 73.0 Å². The van der Waals surface area contributed by atoms with Crippen LogP contribution in [0.4, 0.5) is 5.69 Å². The molecule has 0 radical (unpaired) electrons. The number of benzene rings is 2. The number of aromatic nitrogens is 1. The molecule has 0 aliphatic heterocycles. The van der Waals surface area contributed by atoms with Gasteiger partial charge in [0.1, 0.15) is 11.4 Å². The van der Waals surface area contributed by atoms with Crippen molar-refractivity contribution in [2.24, 2.45) is 0 Å². The van der Waals surface area contributed by atoms with Gasteiger partial charge in [-0.1, -0.05) is 23.2 Å². The molecule has 0 saturated carbocycles. The summed E-state index contributed by atoms with van der Waals surface area (Å²) >= 11 is 12.4. The highest BCUT2D eigenvalue weighted by atomic mass is 35.5. The zero-order chi connectivity index (χ0) is 21.7. The van der Waals surface area contributed by atoms with E-state index in [0.29, 0.717) is 34.5 Å². The number of carbonyl (C=O) groups is 1. The maximum atomic E-state index is 12.9. The van der Waals surface area contributed by atoms with Gasteiger partial charge in [0.05, 0.1) is 6.61 Å². The van der Waals surface area contributed by atoms with Gasteiger partial charge in [0.15, 0.2) is 0 Å². The quantitative estimate of drug-likeness (QED) is 0.459. The zero-order valence-electron chi connectivity index (χ0n) is 16.7. The topological polar surface area (TPSA) is 71.5 Å². The fourth-order valence-corrected chi connectivity index (χ4v) is 3.48. The van der Waals surface area contributed by atoms with Gasteiger partial charge < -0.3 is 15.2 Å². The molecule has 1 heterocycles. The van der Waals surface area contributed by atoms with Crippen molar-refractivity contribution in [2.75, 3.05) is 18.5 Å². The molecule has 0 aliphatic carbocycles. The van der Waals surface area contributed by atoms with Gasteiger partial charge in [-0.25, -0.2) is 0 Å². The molecule has 1 amide bonds. The lowest BCUT2D eigenvalue weighted by Crippen LogP contribution is -2.15. The van der Waals surface area contributed by atoms with E-state index in [1.165, 1.54) is 0 Å². The van der Waals surface area contributed by atoms with Crippen molar-refractivity contribution < 1.29 is 14.6 Å². The Hall–Kier alpha value is -2.60. The fraction of sp³-hybridized carbons (Fsp3) is 0.217. The van der Waals surface area contributed by atoms with E-state index in [1.807, 2.05) is 26.0 Å². The van der Waals surface area contributed by atoms with Crippen molar-refractivity contribution >= 4 is 34.8 Å². The first-order chi connectivity index (χ1) is 14.4. The summed E-state index contributed by atoms with van der Waals surface area (Å²) in [6.07, 6.45) is 2.13. The van der Waals surface area contributed by atoms with Crippen LogP contribution < -0.4 is 10.1 Å². The summed E-state index contributed by atoms with van der Waals surface area (Å²) in [4.78, 5) is 17.1. The lowest BCUT2D eigenvalue weighted by molar-refractivity contribution is 0.102. The van der Waals surface area contributed by atoms with Crippen LogP contribution in [0.5, 0.6) is 5.75 Å². The van der Waals surface area contributed by atoms with Gasteiger partial charge in [-0.2, -0.15) is 0 Å². The Morgan fingerprint density at radius 3 is 2.53 bits per heavy atom. The van der Waals surface area contributed by atoms with Crippen molar-refractivity contribution in [1.29, 1.82) is 0 Å². The molecule has 3 rings (SSSR count). The van der Waals surface area contributed by atoms with Gasteiger partial charge in [-0.3, -0.25) is 9.78 Å². The highest BCUT2D eigenvalue weighted by molar-refractivity contribution is 6.35. The van der Waals surface area contributed by atoms with Crippen molar-refractivity contribution in [3.63, 3.8) is 0 Å². The molecule has 0 spiro atoms. The SMILES string of the molecule is Cc1cc(OCCCO)cc(C)c1NC(=O)c1cc(-c2cc(Cl)ccc2Cl)ccn1. The monoisotopic (exact) mass is 444 g/mol. The molecule has 5 nitrogen and oxygen atoms in total. The van der Waals surface area contributed by atoms with E-state index in [-0.39, 0.29) is 18.2 Å². The second-order valence-corrected chi connectivity index (χ2v) is 7.71. The zero-order valence-corrected chi connectivity index (χ0v) is 18.2. The molecule has 30 heavy (non-hydrogen) atoms. The van der Waals surface area contributed by atoms with Crippen molar-refractivity contribution in [1.82, 2.24) is 4.98 Å².